The summed E-state index contributed by atoms with van der Waals surface area (Å²) in [6, 6.07) is 3.59. The molecule has 3 aliphatic carbocycles. The van der Waals surface area contributed by atoms with Gasteiger partial charge in [-0.15, -0.1) is 10.2 Å². The van der Waals surface area contributed by atoms with Crippen LogP contribution in [-0.4, -0.2) is 32.1 Å². The van der Waals surface area contributed by atoms with Crippen molar-refractivity contribution in [3.8, 4) is 6.07 Å². The summed E-state index contributed by atoms with van der Waals surface area (Å²) in [4.78, 5) is 0. The Morgan fingerprint density at radius 2 is 2.05 bits per heavy atom. The molecule has 0 aliphatic heterocycles. The molecule has 1 N–H and O–H groups in total. The third-order valence-corrected chi connectivity index (χ3v) is 5.64. The van der Waals surface area contributed by atoms with Crippen molar-refractivity contribution < 1.29 is 0 Å². The molecule has 21 heavy (non-hydrogen) atoms. The van der Waals surface area contributed by atoms with E-state index < -0.39 is 5.54 Å². The number of thioether (sulfide) groups is 1. The van der Waals surface area contributed by atoms with Crippen molar-refractivity contribution in [1.29, 1.82) is 5.26 Å². The molecule has 0 amide bonds. The van der Waals surface area contributed by atoms with Crippen LogP contribution in [0.4, 0.5) is 0 Å². The van der Waals surface area contributed by atoms with Crippen LogP contribution >= 0.6 is 11.8 Å². The lowest BCUT2D eigenvalue weighted by atomic mass is 10.1. The van der Waals surface area contributed by atoms with E-state index in [9.17, 15) is 5.26 Å². The molecule has 0 aromatic carbocycles. The molecule has 6 heteroatoms. The first kappa shape index (κ1) is 13.6. The first-order chi connectivity index (χ1) is 10.2. The van der Waals surface area contributed by atoms with E-state index in [-0.39, 0.29) is 0 Å². The number of hydrogen-bond donors (Lipinski definition) is 1. The number of aromatic nitrogens is 3. The molecule has 3 fully saturated rings. The van der Waals surface area contributed by atoms with E-state index >= 15 is 0 Å². The molecule has 5 nitrogen and oxygen atoms in total. The highest BCUT2D eigenvalue weighted by Gasteiger charge is 2.38. The van der Waals surface area contributed by atoms with Crippen LogP contribution < -0.4 is 5.32 Å². The Labute approximate surface area is 129 Å². The molecule has 0 radical (unpaired) electrons. The second-order valence-electron chi connectivity index (χ2n) is 6.87. The van der Waals surface area contributed by atoms with Gasteiger partial charge >= 0.3 is 0 Å². The fourth-order valence-corrected chi connectivity index (χ4v) is 3.72. The highest BCUT2D eigenvalue weighted by atomic mass is 32.2. The van der Waals surface area contributed by atoms with Gasteiger partial charge in [-0.25, -0.2) is 0 Å². The quantitative estimate of drug-likeness (QED) is 0.784. The number of hydrogen-bond acceptors (Lipinski definition) is 5. The maximum absolute atomic E-state index is 9.47. The fraction of sp³-hybridized carbons (Fsp3) is 0.800. The number of rotatable bonds is 7. The first-order valence-electron chi connectivity index (χ1n) is 7.95. The van der Waals surface area contributed by atoms with E-state index in [0.29, 0.717) is 18.0 Å². The topological polar surface area (TPSA) is 66.5 Å². The monoisotopic (exact) mass is 303 g/mol. The standard InChI is InChI=1S/C15H21N5S/c1-15(8-16,17-11-4-5-11)9-21-14-19-18-13(10-2-3-10)20(14)12-6-7-12/h10-12,17H,2-7,9H2,1H3. The smallest absolute Gasteiger partial charge is 0.191 e. The third-order valence-electron chi connectivity index (χ3n) is 4.38. The summed E-state index contributed by atoms with van der Waals surface area (Å²) in [5.41, 5.74) is -0.466. The number of nitrogens with one attached hydrogen (secondary N) is 1. The lowest BCUT2D eigenvalue weighted by Gasteiger charge is -2.22. The van der Waals surface area contributed by atoms with Gasteiger partial charge in [0.1, 0.15) is 11.4 Å². The molecule has 1 aromatic rings. The first-order valence-corrected chi connectivity index (χ1v) is 8.94. The minimum atomic E-state index is -0.466. The normalized spacial score (nSPS) is 24.6. The summed E-state index contributed by atoms with van der Waals surface area (Å²) in [6.07, 6.45) is 7.42. The van der Waals surface area contributed by atoms with Crippen molar-refractivity contribution in [3.05, 3.63) is 5.82 Å². The van der Waals surface area contributed by atoms with Gasteiger partial charge < -0.3 is 4.57 Å². The highest BCUT2D eigenvalue weighted by molar-refractivity contribution is 7.99. The van der Waals surface area contributed by atoms with Gasteiger partial charge in [-0.3, -0.25) is 5.32 Å². The minimum Gasteiger partial charge on any atom is -0.303 e. The van der Waals surface area contributed by atoms with Gasteiger partial charge in [0.15, 0.2) is 5.16 Å². The van der Waals surface area contributed by atoms with E-state index in [2.05, 4.69) is 26.2 Å². The molecule has 3 saturated carbocycles. The number of nitriles is 1. The maximum atomic E-state index is 9.47. The lowest BCUT2D eigenvalue weighted by molar-refractivity contribution is 0.489. The van der Waals surface area contributed by atoms with Gasteiger partial charge in [-0.05, 0) is 45.4 Å². The van der Waals surface area contributed by atoms with Crippen molar-refractivity contribution in [1.82, 2.24) is 20.1 Å². The van der Waals surface area contributed by atoms with E-state index in [1.165, 1.54) is 44.3 Å². The Balaban J connectivity index is 1.47. The maximum Gasteiger partial charge on any atom is 0.191 e. The predicted molar refractivity (Wildman–Crippen MR) is 81.2 cm³/mol. The molecule has 112 valence electrons. The van der Waals surface area contributed by atoms with E-state index in [4.69, 9.17) is 0 Å². The van der Waals surface area contributed by atoms with Crippen molar-refractivity contribution >= 4 is 11.8 Å². The Morgan fingerprint density at radius 3 is 2.62 bits per heavy atom. The van der Waals surface area contributed by atoms with Gasteiger partial charge in [0.2, 0.25) is 0 Å². The molecular formula is C15H21N5S. The van der Waals surface area contributed by atoms with Crippen molar-refractivity contribution in [2.75, 3.05) is 5.75 Å². The lowest BCUT2D eigenvalue weighted by Crippen LogP contribution is -2.44. The highest BCUT2D eigenvalue weighted by Crippen LogP contribution is 2.46. The third kappa shape index (κ3) is 2.95. The van der Waals surface area contributed by atoms with Crippen LogP contribution in [0.25, 0.3) is 0 Å². The minimum absolute atomic E-state index is 0.466. The summed E-state index contributed by atoms with van der Waals surface area (Å²) >= 11 is 1.69. The summed E-state index contributed by atoms with van der Waals surface area (Å²) in [5, 5.41) is 22.8. The van der Waals surface area contributed by atoms with Crippen LogP contribution in [0.2, 0.25) is 0 Å². The molecule has 1 aromatic heterocycles. The van der Waals surface area contributed by atoms with Gasteiger partial charge in [-0.2, -0.15) is 5.26 Å². The van der Waals surface area contributed by atoms with Gasteiger partial charge in [0.05, 0.1) is 6.07 Å². The van der Waals surface area contributed by atoms with Crippen molar-refractivity contribution in [2.45, 2.75) is 74.1 Å². The zero-order valence-electron chi connectivity index (χ0n) is 12.4. The molecule has 0 bridgehead atoms. The van der Waals surface area contributed by atoms with Crippen LogP contribution in [0, 0.1) is 11.3 Å². The second-order valence-corrected chi connectivity index (χ2v) is 7.81. The molecule has 0 saturated heterocycles. The van der Waals surface area contributed by atoms with Crippen LogP contribution in [0.5, 0.6) is 0 Å². The summed E-state index contributed by atoms with van der Waals surface area (Å²) in [5.74, 6) is 2.56. The Morgan fingerprint density at radius 1 is 1.29 bits per heavy atom. The zero-order chi connectivity index (χ0) is 14.4. The SMILES string of the molecule is CC(C#N)(CSc1nnc(C2CC2)n1C1CC1)NC1CC1. The Bertz CT molecular complexity index is 579. The molecule has 1 atom stereocenters. The number of nitrogens with zero attached hydrogens (tertiary/aromatic N) is 4. The Hall–Kier alpha value is -1.06. The molecule has 3 aliphatic rings. The van der Waals surface area contributed by atoms with Crippen molar-refractivity contribution in [2.24, 2.45) is 0 Å². The van der Waals surface area contributed by atoms with Gasteiger partial charge in [0, 0.05) is 23.8 Å². The van der Waals surface area contributed by atoms with Gasteiger partial charge in [-0.1, -0.05) is 11.8 Å². The predicted octanol–water partition coefficient (Wildman–Crippen LogP) is 2.62. The summed E-state index contributed by atoms with van der Waals surface area (Å²) < 4.78 is 2.36. The van der Waals surface area contributed by atoms with E-state index in [1.807, 2.05) is 6.92 Å². The fourth-order valence-electron chi connectivity index (χ4n) is 2.68. The van der Waals surface area contributed by atoms with E-state index in [1.54, 1.807) is 11.8 Å². The second kappa shape index (κ2) is 4.99. The van der Waals surface area contributed by atoms with Crippen LogP contribution in [0.15, 0.2) is 5.16 Å². The zero-order valence-corrected chi connectivity index (χ0v) is 13.2. The average Bonchev–Trinajstić information content (AvgIpc) is 3.32. The summed E-state index contributed by atoms with van der Waals surface area (Å²) in [6.45, 7) is 2.00. The van der Waals surface area contributed by atoms with Crippen molar-refractivity contribution in [3.63, 3.8) is 0 Å². The molecule has 1 unspecified atom stereocenters. The molecule has 1 heterocycles. The van der Waals surface area contributed by atoms with E-state index in [0.717, 1.165) is 10.9 Å². The van der Waals surface area contributed by atoms with Gasteiger partial charge in [0.25, 0.3) is 0 Å². The average molecular weight is 303 g/mol. The Kier molecular flexibility index (Phi) is 3.23. The van der Waals surface area contributed by atoms with Crippen LogP contribution in [-0.2, 0) is 0 Å². The van der Waals surface area contributed by atoms with Crippen LogP contribution in [0.3, 0.4) is 0 Å². The molecule has 4 rings (SSSR count). The summed E-state index contributed by atoms with van der Waals surface area (Å²) in [7, 11) is 0. The largest absolute Gasteiger partial charge is 0.303 e. The molecular weight excluding hydrogens is 282 g/mol. The van der Waals surface area contributed by atoms with Crippen LogP contribution in [0.1, 0.15) is 63.2 Å². The molecule has 0 spiro atoms.